The first-order valence-electron chi connectivity index (χ1n) is 6.36. The zero-order chi connectivity index (χ0) is 14.0. The first-order valence-corrected chi connectivity index (χ1v) is 7.17. The van der Waals surface area contributed by atoms with Crippen LogP contribution in [-0.4, -0.2) is 41.7 Å². The van der Waals surface area contributed by atoms with Crippen LogP contribution in [0.4, 0.5) is 5.00 Å². The average Bonchev–Trinajstić information content (AvgIpc) is 2.87. The standard InChI is InChI=1S/C12H19N3O3S/c1-8(2)14-5-6-18-9(7-13)12(14)10-3-4-11(19-10)15(16)17/h3-4,8-9,12H,5-7,13H2,1-2H3. The third kappa shape index (κ3) is 2.94. The molecule has 0 saturated carbocycles. The van der Waals surface area contributed by atoms with Crippen LogP contribution in [0.25, 0.3) is 0 Å². The SMILES string of the molecule is CC(C)N1CCOC(CN)C1c1ccc([N+](=O)[O-])s1. The van der Waals surface area contributed by atoms with Gasteiger partial charge in [0.05, 0.1) is 23.7 Å². The third-order valence-corrected chi connectivity index (χ3v) is 4.48. The molecule has 0 aromatic carbocycles. The van der Waals surface area contributed by atoms with E-state index in [1.165, 1.54) is 11.3 Å². The Bertz CT molecular complexity index is 449. The van der Waals surface area contributed by atoms with Crippen molar-refractivity contribution >= 4 is 16.3 Å². The Morgan fingerprint density at radius 3 is 2.89 bits per heavy atom. The molecule has 7 heteroatoms. The van der Waals surface area contributed by atoms with Crippen LogP contribution in [0, 0.1) is 10.1 Å². The van der Waals surface area contributed by atoms with Crippen LogP contribution >= 0.6 is 11.3 Å². The van der Waals surface area contributed by atoms with Gasteiger partial charge in [-0.2, -0.15) is 0 Å². The summed E-state index contributed by atoms with van der Waals surface area (Å²) in [5, 5.41) is 11.0. The van der Waals surface area contributed by atoms with Crippen molar-refractivity contribution in [2.45, 2.75) is 32.0 Å². The Morgan fingerprint density at radius 1 is 1.63 bits per heavy atom. The lowest BCUT2D eigenvalue weighted by atomic mass is 10.0. The molecule has 1 aromatic heterocycles. The number of rotatable bonds is 4. The number of nitro groups is 1. The maximum Gasteiger partial charge on any atom is 0.324 e. The zero-order valence-corrected chi connectivity index (χ0v) is 11.9. The molecule has 6 nitrogen and oxygen atoms in total. The average molecular weight is 285 g/mol. The van der Waals surface area contributed by atoms with Crippen LogP contribution in [0.15, 0.2) is 12.1 Å². The van der Waals surface area contributed by atoms with E-state index in [1.807, 2.05) is 6.07 Å². The summed E-state index contributed by atoms with van der Waals surface area (Å²) < 4.78 is 5.71. The van der Waals surface area contributed by atoms with E-state index < -0.39 is 0 Å². The van der Waals surface area contributed by atoms with Crippen LogP contribution in [0.5, 0.6) is 0 Å². The lowest BCUT2D eigenvalue weighted by molar-refractivity contribution is -0.380. The summed E-state index contributed by atoms with van der Waals surface area (Å²) in [4.78, 5) is 13.7. The van der Waals surface area contributed by atoms with Gasteiger partial charge in [0.1, 0.15) is 0 Å². The molecule has 0 bridgehead atoms. The van der Waals surface area contributed by atoms with Crippen LogP contribution in [-0.2, 0) is 4.74 Å². The summed E-state index contributed by atoms with van der Waals surface area (Å²) in [7, 11) is 0. The summed E-state index contributed by atoms with van der Waals surface area (Å²) in [5.41, 5.74) is 5.78. The fraction of sp³-hybridized carbons (Fsp3) is 0.667. The van der Waals surface area contributed by atoms with E-state index in [0.29, 0.717) is 19.2 Å². The van der Waals surface area contributed by atoms with Crippen molar-refractivity contribution in [3.8, 4) is 0 Å². The number of morpholine rings is 1. The Labute approximate surface area is 116 Å². The van der Waals surface area contributed by atoms with Crippen molar-refractivity contribution in [2.24, 2.45) is 5.73 Å². The molecule has 19 heavy (non-hydrogen) atoms. The Hall–Kier alpha value is -1.02. The zero-order valence-electron chi connectivity index (χ0n) is 11.1. The highest BCUT2D eigenvalue weighted by molar-refractivity contribution is 7.15. The number of hydrogen-bond donors (Lipinski definition) is 1. The highest BCUT2D eigenvalue weighted by Crippen LogP contribution is 2.37. The first-order chi connectivity index (χ1) is 9.04. The molecule has 1 fully saturated rings. The topological polar surface area (TPSA) is 81.6 Å². The molecule has 2 rings (SSSR count). The Balaban J connectivity index is 2.31. The monoisotopic (exact) mass is 285 g/mol. The molecule has 2 unspecified atom stereocenters. The molecule has 2 heterocycles. The molecular formula is C12H19N3O3S. The van der Waals surface area contributed by atoms with Gasteiger partial charge in [0.15, 0.2) is 0 Å². The maximum atomic E-state index is 10.8. The van der Waals surface area contributed by atoms with Crippen molar-refractivity contribution < 1.29 is 9.66 Å². The highest BCUT2D eigenvalue weighted by Gasteiger charge is 2.35. The van der Waals surface area contributed by atoms with E-state index in [4.69, 9.17) is 10.5 Å². The number of nitrogens with zero attached hydrogens (tertiary/aromatic N) is 2. The molecule has 1 aliphatic heterocycles. The lowest BCUT2D eigenvalue weighted by Gasteiger charge is -2.42. The molecule has 2 atom stereocenters. The van der Waals surface area contributed by atoms with Gasteiger partial charge in [-0.25, -0.2) is 0 Å². The van der Waals surface area contributed by atoms with Crippen LogP contribution < -0.4 is 5.73 Å². The van der Waals surface area contributed by atoms with Crippen molar-refractivity contribution in [1.29, 1.82) is 0 Å². The van der Waals surface area contributed by atoms with E-state index in [-0.39, 0.29) is 22.1 Å². The smallest absolute Gasteiger partial charge is 0.324 e. The van der Waals surface area contributed by atoms with Gasteiger partial charge in [0, 0.05) is 30.1 Å². The summed E-state index contributed by atoms with van der Waals surface area (Å²) in [6, 6.07) is 3.74. The van der Waals surface area contributed by atoms with Gasteiger partial charge in [0.25, 0.3) is 0 Å². The molecule has 1 saturated heterocycles. The second kappa shape index (κ2) is 5.96. The van der Waals surface area contributed by atoms with Crippen LogP contribution in [0.1, 0.15) is 24.8 Å². The van der Waals surface area contributed by atoms with E-state index in [1.54, 1.807) is 6.07 Å². The predicted molar refractivity (Wildman–Crippen MR) is 74.4 cm³/mol. The summed E-state index contributed by atoms with van der Waals surface area (Å²) >= 11 is 1.21. The minimum atomic E-state index is -0.352. The normalized spacial score (nSPS) is 24.8. The van der Waals surface area contributed by atoms with Gasteiger partial charge in [-0.15, -0.1) is 0 Å². The minimum Gasteiger partial charge on any atom is -0.374 e. The second-order valence-corrected chi connectivity index (χ2v) is 5.95. The van der Waals surface area contributed by atoms with Gasteiger partial charge in [-0.1, -0.05) is 11.3 Å². The first kappa shape index (κ1) is 14.4. The van der Waals surface area contributed by atoms with Crippen molar-refractivity contribution in [2.75, 3.05) is 19.7 Å². The Morgan fingerprint density at radius 2 is 2.37 bits per heavy atom. The molecule has 0 amide bonds. The summed E-state index contributed by atoms with van der Waals surface area (Å²) in [5.74, 6) is 0. The molecule has 1 aromatic rings. The highest BCUT2D eigenvalue weighted by atomic mass is 32.1. The second-order valence-electron chi connectivity index (χ2n) is 4.85. The van der Waals surface area contributed by atoms with Gasteiger partial charge < -0.3 is 10.5 Å². The minimum absolute atomic E-state index is 0.0115. The molecule has 1 aliphatic rings. The predicted octanol–water partition coefficient (Wildman–Crippen LogP) is 1.77. The number of thiophene rings is 1. The van der Waals surface area contributed by atoms with Gasteiger partial charge in [-0.3, -0.25) is 15.0 Å². The van der Waals surface area contributed by atoms with Crippen molar-refractivity contribution in [1.82, 2.24) is 4.90 Å². The number of hydrogen-bond acceptors (Lipinski definition) is 6. The van der Waals surface area contributed by atoms with Crippen LogP contribution in [0.2, 0.25) is 0 Å². The maximum absolute atomic E-state index is 10.8. The molecule has 0 radical (unpaired) electrons. The molecular weight excluding hydrogens is 266 g/mol. The van der Waals surface area contributed by atoms with Gasteiger partial charge in [0.2, 0.25) is 0 Å². The van der Waals surface area contributed by atoms with E-state index >= 15 is 0 Å². The quantitative estimate of drug-likeness (QED) is 0.673. The van der Waals surface area contributed by atoms with E-state index in [9.17, 15) is 10.1 Å². The van der Waals surface area contributed by atoms with Gasteiger partial charge >= 0.3 is 5.00 Å². The largest absolute Gasteiger partial charge is 0.374 e. The van der Waals surface area contributed by atoms with Crippen molar-refractivity contribution in [3.63, 3.8) is 0 Å². The number of ether oxygens (including phenoxy) is 1. The summed E-state index contributed by atoms with van der Waals surface area (Å²) in [6.07, 6.45) is -0.102. The fourth-order valence-electron chi connectivity index (χ4n) is 2.48. The number of nitrogens with two attached hydrogens (primary N) is 1. The molecule has 106 valence electrons. The van der Waals surface area contributed by atoms with Crippen molar-refractivity contribution in [3.05, 3.63) is 27.1 Å². The van der Waals surface area contributed by atoms with E-state index in [0.717, 1.165) is 11.4 Å². The molecule has 2 N–H and O–H groups in total. The fourth-order valence-corrected chi connectivity index (χ4v) is 3.47. The third-order valence-electron chi connectivity index (χ3n) is 3.37. The lowest BCUT2D eigenvalue weighted by Crippen LogP contribution is -2.50. The van der Waals surface area contributed by atoms with E-state index in [2.05, 4.69) is 18.7 Å². The van der Waals surface area contributed by atoms with Crippen LogP contribution in [0.3, 0.4) is 0 Å². The van der Waals surface area contributed by atoms with Gasteiger partial charge in [-0.05, 0) is 19.9 Å². The molecule has 0 spiro atoms. The molecule has 0 aliphatic carbocycles. The Kier molecular flexibility index (Phi) is 4.51. The summed E-state index contributed by atoms with van der Waals surface area (Å²) in [6.45, 7) is 6.13.